The van der Waals surface area contributed by atoms with Crippen molar-refractivity contribution in [3.05, 3.63) is 72.2 Å². The molecule has 3 heteroatoms. The second kappa shape index (κ2) is 6.19. The number of hydrogen-bond donors (Lipinski definition) is 0. The summed E-state index contributed by atoms with van der Waals surface area (Å²) in [5.74, 6) is 0. The normalized spacial score (nSPS) is 10.1. The van der Waals surface area contributed by atoms with E-state index in [0.29, 0.717) is 0 Å². The largest absolute Gasteiger partial charge is 0.423 e. The third kappa shape index (κ3) is 2.76. The quantitative estimate of drug-likeness (QED) is 0.550. The fraction of sp³-hybridized carbons (Fsp3) is 0.118. The number of hydrogen-bond acceptors (Lipinski definition) is 1. The first kappa shape index (κ1) is 14.7. The summed E-state index contributed by atoms with van der Waals surface area (Å²) >= 11 is 0. The van der Waals surface area contributed by atoms with Crippen molar-refractivity contribution in [3.8, 4) is 16.9 Å². The molecular weight excluding hydrogens is 427 g/mol. The molecule has 0 atom stereocenters. The van der Waals surface area contributed by atoms with E-state index in [1.165, 1.54) is 16.8 Å². The summed E-state index contributed by atoms with van der Waals surface area (Å²) in [6.45, 7) is 4.24. The van der Waals surface area contributed by atoms with Crippen LogP contribution in [-0.2, 0) is 21.1 Å². The summed E-state index contributed by atoms with van der Waals surface area (Å²) in [7, 11) is 0. The minimum atomic E-state index is 0. The van der Waals surface area contributed by atoms with E-state index in [4.69, 9.17) is 0 Å². The molecule has 3 aromatic rings. The molecule has 0 fully saturated rings. The van der Waals surface area contributed by atoms with Gasteiger partial charge in [0.15, 0.2) is 0 Å². The molecule has 0 bridgehead atoms. The predicted octanol–water partition coefficient (Wildman–Crippen LogP) is 3.95. The molecule has 104 valence electrons. The Kier molecular flexibility index (Phi) is 4.56. The maximum atomic E-state index is 4.36. The van der Waals surface area contributed by atoms with Crippen molar-refractivity contribution in [2.24, 2.45) is 0 Å². The van der Waals surface area contributed by atoms with E-state index in [9.17, 15) is 0 Å². The number of nitrogens with zero attached hydrogens (tertiary/aromatic N) is 2. The van der Waals surface area contributed by atoms with E-state index in [-0.39, 0.29) is 21.1 Å². The van der Waals surface area contributed by atoms with E-state index in [1.54, 1.807) is 6.20 Å². The Balaban J connectivity index is 0.00000147. The van der Waals surface area contributed by atoms with Crippen molar-refractivity contribution in [1.82, 2.24) is 9.55 Å². The van der Waals surface area contributed by atoms with Crippen molar-refractivity contribution in [2.45, 2.75) is 13.8 Å². The van der Waals surface area contributed by atoms with Gasteiger partial charge in [-0.2, -0.15) is 0 Å². The van der Waals surface area contributed by atoms with Gasteiger partial charge in [-0.1, -0.05) is 53.2 Å². The first-order valence-corrected chi connectivity index (χ1v) is 6.34. The zero-order valence-corrected chi connectivity index (χ0v) is 13.7. The SMILES string of the molecule is Cc1cccc(C)c1-n1[c-]c(-c2ccccn2)cc1.[Pt]. The first-order valence-electron chi connectivity index (χ1n) is 6.34. The van der Waals surface area contributed by atoms with Crippen molar-refractivity contribution < 1.29 is 21.1 Å². The summed E-state index contributed by atoms with van der Waals surface area (Å²) in [5.41, 5.74) is 5.67. The summed E-state index contributed by atoms with van der Waals surface area (Å²) < 4.78 is 2.05. The van der Waals surface area contributed by atoms with Gasteiger partial charge in [0.05, 0.1) is 0 Å². The molecule has 1 aromatic carbocycles. The van der Waals surface area contributed by atoms with Crippen LogP contribution in [0.25, 0.3) is 16.9 Å². The summed E-state index contributed by atoms with van der Waals surface area (Å²) in [6, 6.07) is 14.3. The van der Waals surface area contributed by atoms with Crippen molar-refractivity contribution in [2.75, 3.05) is 0 Å². The topological polar surface area (TPSA) is 17.8 Å². The van der Waals surface area contributed by atoms with Gasteiger partial charge < -0.3 is 4.57 Å². The molecule has 2 heterocycles. The molecular formula is C17H15N2Pt-. The van der Waals surface area contributed by atoms with Gasteiger partial charge in [0.1, 0.15) is 0 Å². The zero-order chi connectivity index (χ0) is 13.2. The molecule has 2 aromatic heterocycles. The molecule has 0 amide bonds. The molecule has 2 nitrogen and oxygen atoms in total. The maximum absolute atomic E-state index is 4.36. The fourth-order valence-electron chi connectivity index (χ4n) is 2.33. The standard InChI is InChI=1S/C17H15N2.Pt/c1-13-6-5-7-14(2)17(13)19-11-9-15(12-19)16-8-3-4-10-18-16;/h3-11H,1-2H3;/q-1;. The Morgan fingerprint density at radius 1 is 0.950 bits per heavy atom. The van der Waals surface area contributed by atoms with Gasteiger partial charge in [0.2, 0.25) is 0 Å². The van der Waals surface area contributed by atoms with Gasteiger partial charge in [0, 0.05) is 33.0 Å². The molecule has 0 N–H and O–H groups in total. The summed E-state index contributed by atoms with van der Waals surface area (Å²) in [4.78, 5) is 4.36. The Morgan fingerprint density at radius 3 is 2.35 bits per heavy atom. The van der Waals surface area contributed by atoms with E-state index < -0.39 is 0 Å². The predicted molar refractivity (Wildman–Crippen MR) is 77.3 cm³/mol. The maximum Gasteiger partial charge on any atom is 0.0183 e. The Hall–Kier alpha value is -1.66. The minimum absolute atomic E-state index is 0. The zero-order valence-electron chi connectivity index (χ0n) is 11.4. The molecule has 0 aliphatic carbocycles. The van der Waals surface area contributed by atoms with Gasteiger partial charge in [-0.25, -0.2) is 0 Å². The number of aromatic nitrogens is 2. The molecule has 0 aliphatic rings. The number of para-hydroxylation sites is 1. The second-order valence-corrected chi connectivity index (χ2v) is 4.67. The molecule has 0 unspecified atom stereocenters. The van der Waals surface area contributed by atoms with E-state index in [1.807, 2.05) is 30.5 Å². The molecule has 3 rings (SSSR count). The van der Waals surface area contributed by atoms with Crippen LogP contribution in [0.5, 0.6) is 0 Å². The Bertz CT molecular complexity index is 682. The van der Waals surface area contributed by atoms with E-state index in [0.717, 1.165) is 11.3 Å². The third-order valence-electron chi connectivity index (χ3n) is 3.25. The Morgan fingerprint density at radius 2 is 1.70 bits per heavy atom. The van der Waals surface area contributed by atoms with Crippen LogP contribution in [0.15, 0.2) is 54.9 Å². The van der Waals surface area contributed by atoms with Gasteiger partial charge >= 0.3 is 0 Å². The van der Waals surface area contributed by atoms with Gasteiger partial charge in [-0.3, -0.25) is 4.98 Å². The van der Waals surface area contributed by atoms with Crippen LogP contribution >= 0.6 is 0 Å². The van der Waals surface area contributed by atoms with Crippen LogP contribution < -0.4 is 0 Å². The number of aryl methyl sites for hydroxylation is 2. The molecule has 0 saturated heterocycles. The number of pyridine rings is 1. The summed E-state index contributed by atoms with van der Waals surface area (Å²) in [5, 5.41) is 0. The fourth-order valence-corrected chi connectivity index (χ4v) is 2.33. The number of rotatable bonds is 2. The van der Waals surface area contributed by atoms with Crippen molar-refractivity contribution in [3.63, 3.8) is 0 Å². The van der Waals surface area contributed by atoms with Gasteiger partial charge in [-0.15, -0.1) is 6.07 Å². The van der Waals surface area contributed by atoms with Crippen LogP contribution in [0.2, 0.25) is 0 Å². The monoisotopic (exact) mass is 442 g/mol. The average molecular weight is 442 g/mol. The molecule has 20 heavy (non-hydrogen) atoms. The van der Waals surface area contributed by atoms with E-state index in [2.05, 4.69) is 47.8 Å². The van der Waals surface area contributed by atoms with Gasteiger partial charge in [0.25, 0.3) is 0 Å². The number of benzene rings is 1. The molecule has 0 aliphatic heterocycles. The Labute approximate surface area is 133 Å². The molecule has 0 spiro atoms. The second-order valence-electron chi connectivity index (χ2n) is 4.67. The van der Waals surface area contributed by atoms with Crippen molar-refractivity contribution in [1.29, 1.82) is 0 Å². The third-order valence-corrected chi connectivity index (χ3v) is 3.25. The van der Waals surface area contributed by atoms with Crippen LogP contribution in [0.4, 0.5) is 0 Å². The molecule has 0 radical (unpaired) electrons. The van der Waals surface area contributed by atoms with Crippen LogP contribution in [0, 0.1) is 20.0 Å². The van der Waals surface area contributed by atoms with Crippen LogP contribution in [0.3, 0.4) is 0 Å². The first-order chi connectivity index (χ1) is 9.25. The average Bonchev–Trinajstić information content (AvgIpc) is 2.89. The van der Waals surface area contributed by atoms with Crippen LogP contribution in [-0.4, -0.2) is 9.55 Å². The van der Waals surface area contributed by atoms with E-state index >= 15 is 0 Å². The smallest absolute Gasteiger partial charge is 0.0183 e. The molecule has 0 saturated carbocycles. The van der Waals surface area contributed by atoms with Crippen molar-refractivity contribution >= 4 is 0 Å². The van der Waals surface area contributed by atoms with Gasteiger partial charge in [-0.05, 0) is 31.8 Å². The summed E-state index contributed by atoms with van der Waals surface area (Å²) in [6.07, 6.45) is 7.23. The minimum Gasteiger partial charge on any atom is -0.423 e. The van der Waals surface area contributed by atoms with Crippen LogP contribution in [0.1, 0.15) is 11.1 Å².